The highest BCUT2D eigenvalue weighted by Crippen LogP contribution is 2.35. The summed E-state index contributed by atoms with van der Waals surface area (Å²) in [6.45, 7) is 2.57. The molecule has 1 aliphatic carbocycles. The summed E-state index contributed by atoms with van der Waals surface area (Å²) in [6.07, 6.45) is 9.65. The number of ether oxygens (including phenoxy) is 1. The summed E-state index contributed by atoms with van der Waals surface area (Å²) in [7, 11) is 0. The number of nitrogens with zero attached hydrogens (tertiary/aromatic N) is 3. The van der Waals surface area contributed by atoms with Gasteiger partial charge in [0.2, 0.25) is 0 Å². The zero-order valence-corrected chi connectivity index (χ0v) is 21.7. The highest BCUT2D eigenvalue weighted by Gasteiger charge is 2.23. The van der Waals surface area contributed by atoms with Crippen LogP contribution in [0.25, 0.3) is 0 Å². The topological polar surface area (TPSA) is 101 Å². The number of rotatable bonds is 10. The maximum atomic E-state index is 12.6. The number of benzene rings is 1. The van der Waals surface area contributed by atoms with Gasteiger partial charge in [0.25, 0.3) is 5.91 Å². The number of hydrogen-bond acceptors (Lipinski definition) is 7. The van der Waals surface area contributed by atoms with E-state index in [0.29, 0.717) is 30.4 Å². The number of pyridine rings is 1. The summed E-state index contributed by atoms with van der Waals surface area (Å²) in [6, 6.07) is 7.63. The summed E-state index contributed by atoms with van der Waals surface area (Å²) >= 11 is 3.70. The van der Waals surface area contributed by atoms with Gasteiger partial charge in [-0.2, -0.15) is 0 Å². The van der Waals surface area contributed by atoms with E-state index >= 15 is 0 Å². The largest absolute Gasteiger partial charge is 0.484 e. The van der Waals surface area contributed by atoms with Crippen molar-refractivity contribution in [2.45, 2.75) is 51.4 Å². The van der Waals surface area contributed by atoms with E-state index in [1.165, 1.54) is 36.8 Å². The van der Waals surface area contributed by atoms with Gasteiger partial charge in [0.1, 0.15) is 12.4 Å². The highest BCUT2D eigenvalue weighted by atomic mass is 79.9. The standard InChI is InChI=1S/C27H31BrN4O4/c28-26-24-7-9-32(14-20(24)4-5-25(26)35-16-23-13-29-17-36-23)15-22(33)12-31-27(34)19-6-8-30-21(11-19)10-18-2-1-3-18/h4-6,8,11,13,17-18,22,33H,1-3,7,9-10,12,14-16H2,(H,31,34)/t22-/m0/s1. The molecule has 1 saturated carbocycles. The molecule has 0 saturated heterocycles. The Bertz CT molecular complexity index is 1180. The molecule has 3 heterocycles. The van der Waals surface area contributed by atoms with E-state index in [4.69, 9.17) is 9.15 Å². The van der Waals surface area contributed by atoms with Crippen molar-refractivity contribution in [2.75, 3.05) is 19.6 Å². The highest BCUT2D eigenvalue weighted by molar-refractivity contribution is 9.10. The molecule has 2 N–H and O–H groups in total. The van der Waals surface area contributed by atoms with Gasteiger partial charge in [-0.1, -0.05) is 25.3 Å². The van der Waals surface area contributed by atoms with Crippen LogP contribution in [0.5, 0.6) is 5.75 Å². The zero-order chi connectivity index (χ0) is 24.9. The molecule has 9 heteroatoms. The Labute approximate surface area is 219 Å². The minimum atomic E-state index is -0.653. The molecule has 0 unspecified atom stereocenters. The third kappa shape index (κ3) is 6.14. The summed E-state index contributed by atoms with van der Waals surface area (Å²) < 4.78 is 12.1. The second-order valence-corrected chi connectivity index (χ2v) is 10.5. The first-order valence-electron chi connectivity index (χ1n) is 12.5. The zero-order valence-electron chi connectivity index (χ0n) is 20.2. The molecule has 36 heavy (non-hydrogen) atoms. The molecule has 190 valence electrons. The number of oxazole rings is 1. The van der Waals surface area contributed by atoms with Crippen LogP contribution in [0.1, 0.15) is 52.2 Å². The summed E-state index contributed by atoms with van der Waals surface area (Å²) in [5.41, 5.74) is 3.99. The first-order chi connectivity index (χ1) is 17.5. The average Bonchev–Trinajstić information content (AvgIpc) is 3.38. The molecule has 0 radical (unpaired) electrons. The third-order valence-electron chi connectivity index (χ3n) is 7.00. The van der Waals surface area contributed by atoms with E-state index in [1.807, 2.05) is 12.1 Å². The molecule has 1 aromatic carbocycles. The van der Waals surface area contributed by atoms with E-state index in [0.717, 1.165) is 41.8 Å². The number of hydrogen-bond donors (Lipinski definition) is 2. The molecule has 2 aliphatic rings. The lowest BCUT2D eigenvalue weighted by molar-refractivity contribution is 0.0841. The van der Waals surface area contributed by atoms with E-state index in [2.05, 4.69) is 42.2 Å². The van der Waals surface area contributed by atoms with E-state index in [9.17, 15) is 9.90 Å². The van der Waals surface area contributed by atoms with Crippen LogP contribution in [0.4, 0.5) is 0 Å². The van der Waals surface area contributed by atoms with Crippen molar-refractivity contribution in [3.05, 3.63) is 75.7 Å². The average molecular weight is 555 g/mol. The van der Waals surface area contributed by atoms with Gasteiger partial charge >= 0.3 is 0 Å². The van der Waals surface area contributed by atoms with Crippen LogP contribution in [-0.4, -0.2) is 51.6 Å². The van der Waals surface area contributed by atoms with Crippen LogP contribution >= 0.6 is 15.9 Å². The molecule has 1 aliphatic heterocycles. The Morgan fingerprint density at radius 3 is 3.00 bits per heavy atom. The molecule has 2 aromatic heterocycles. The lowest BCUT2D eigenvalue weighted by Gasteiger charge is -2.31. The predicted octanol–water partition coefficient (Wildman–Crippen LogP) is 3.90. The van der Waals surface area contributed by atoms with Gasteiger partial charge < -0.3 is 19.6 Å². The minimum absolute atomic E-state index is 0.169. The molecule has 8 nitrogen and oxygen atoms in total. The Hall–Kier alpha value is -2.75. The Kier molecular flexibility index (Phi) is 7.99. The van der Waals surface area contributed by atoms with Gasteiger partial charge in [0.15, 0.2) is 12.2 Å². The third-order valence-corrected chi connectivity index (χ3v) is 7.87. The SMILES string of the molecule is O=C(NC[C@H](O)CN1CCc2c(ccc(OCc3cnco3)c2Br)C1)c1ccnc(CC2CCC2)c1. The second-order valence-electron chi connectivity index (χ2n) is 9.66. The van der Waals surface area contributed by atoms with Crippen LogP contribution in [0.2, 0.25) is 0 Å². The normalized spacial score (nSPS) is 16.7. The number of β-amino-alcohol motifs (C(OH)–C–C–N with tert-alkyl or cyclic N) is 1. The van der Waals surface area contributed by atoms with Crippen molar-refractivity contribution in [3.8, 4) is 5.75 Å². The first-order valence-corrected chi connectivity index (χ1v) is 13.3. The number of halogens is 1. The molecule has 5 rings (SSSR count). The summed E-state index contributed by atoms with van der Waals surface area (Å²) in [5.74, 6) is 1.97. The van der Waals surface area contributed by atoms with Gasteiger partial charge in [-0.05, 0) is 64.0 Å². The summed E-state index contributed by atoms with van der Waals surface area (Å²) in [5, 5.41) is 13.5. The number of aliphatic hydroxyl groups excluding tert-OH is 1. The fraction of sp³-hybridized carbons (Fsp3) is 0.444. The molecule has 1 fully saturated rings. The van der Waals surface area contributed by atoms with Crippen molar-refractivity contribution in [1.82, 2.24) is 20.2 Å². The number of carbonyl (C=O) groups excluding carboxylic acids is 1. The van der Waals surface area contributed by atoms with Crippen LogP contribution in [0, 0.1) is 5.92 Å². The van der Waals surface area contributed by atoms with Gasteiger partial charge in [-0.3, -0.25) is 14.7 Å². The van der Waals surface area contributed by atoms with Crippen molar-refractivity contribution >= 4 is 21.8 Å². The van der Waals surface area contributed by atoms with Crippen LogP contribution in [-0.2, 0) is 26.0 Å². The monoisotopic (exact) mass is 554 g/mol. The van der Waals surface area contributed by atoms with Gasteiger partial charge in [0.05, 0.1) is 16.8 Å². The maximum absolute atomic E-state index is 12.6. The molecule has 3 aromatic rings. The Morgan fingerprint density at radius 2 is 2.22 bits per heavy atom. The number of carbonyl (C=O) groups is 1. The fourth-order valence-corrected chi connectivity index (χ4v) is 5.48. The van der Waals surface area contributed by atoms with E-state index in [-0.39, 0.29) is 12.5 Å². The lowest BCUT2D eigenvalue weighted by atomic mass is 9.82. The van der Waals surface area contributed by atoms with Gasteiger partial charge in [-0.15, -0.1) is 0 Å². The number of nitrogens with one attached hydrogen (secondary N) is 1. The van der Waals surface area contributed by atoms with Gasteiger partial charge in [0, 0.05) is 43.6 Å². The maximum Gasteiger partial charge on any atom is 0.251 e. The molecule has 1 atom stereocenters. The van der Waals surface area contributed by atoms with Crippen molar-refractivity contribution < 1.29 is 19.1 Å². The number of fused-ring (bicyclic) bond motifs is 1. The van der Waals surface area contributed by atoms with E-state index < -0.39 is 6.10 Å². The molecule has 0 spiro atoms. The number of aliphatic hydroxyl groups is 1. The quantitative estimate of drug-likeness (QED) is 0.392. The Balaban J connectivity index is 1.10. The smallest absolute Gasteiger partial charge is 0.251 e. The minimum Gasteiger partial charge on any atom is -0.484 e. The molecule has 0 bridgehead atoms. The summed E-state index contributed by atoms with van der Waals surface area (Å²) in [4.78, 5) is 23.2. The van der Waals surface area contributed by atoms with Crippen molar-refractivity contribution in [1.29, 1.82) is 0 Å². The lowest BCUT2D eigenvalue weighted by Crippen LogP contribution is -2.42. The number of aromatic nitrogens is 2. The fourth-order valence-electron chi connectivity index (χ4n) is 4.78. The molecular weight excluding hydrogens is 524 g/mol. The van der Waals surface area contributed by atoms with Crippen molar-refractivity contribution in [2.24, 2.45) is 5.92 Å². The van der Waals surface area contributed by atoms with Crippen LogP contribution in [0.3, 0.4) is 0 Å². The predicted molar refractivity (Wildman–Crippen MR) is 138 cm³/mol. The van der Waals surface area contributed by atoms with Crippen LogP contribution in [0.15, 0.2) is 51.9 Å². The van der Waals surface area contributed by atoms with E-state index in [1.54, 1.807) is 18.5 Å². The number of amides is 1. The first kappa shape index (κ1) is 24.9. The second kappa shape index (κ2) is 11.5. The van der Waals surface area contributed by atoms with Gasteiger partial charge in [-0.25, -0.2) is 4.98 Å². The van der Waals surface area contributed by atoms with Crippen LogP contribution < -0.4 is 10.1 Å². The molecule has 1 amide bonds. The Morgan fingerprint density at radius 1 is 1.33 bits per heavy atom. The van der Waals surface area contributed by atoms with Crippen molar-refractivity contribution in [3.63, 3.8) is 0 Å². The molecular formula is C27H31BrN4O4.